The number of rotatable bonds is 4. The summed E-state index contributed by atoms with van der Waals surface area (Å²) in [5.41, 5.74) is 1.35. The molecule has 0 fully saturated rings. The smallest absolute Gasteiger partial charge is 0.254 e. The minimum absolute atomic E-state index is 0.0397. The second-order valence-electron chi connectivity index (χ2n) is 5.94. The third-order valence-electron chi connectivity index (χ3n) is 4.11. The van der Waals surface area contributed by atoms with E-state index in [2.05, 4.69) is 5.32 Å². The van der Waals surface area contributed by atoms with Gasteiger partial charge in [-0.3, -0.25) is 9.59 Å². The predicted molar refractivity (Wildman–Crippen MR) is 96.0 cm³/mol. The van der Waals surface area contributed by atoms with Crippen molar-refractivity contribution in [3.8, 4) is 0 Å². The van der Waals surface area contributed by atoms with Crippen molar-refractivity contribution in [2.24, 2.45) is 0 Å². The number of halogens is 1. The van der Waals surface area contributed by atoms with Crippen LogP contribution in [0.4, 0.5) is 4.39 Å². The lowest BCUT2D eigenvalue weighted by Crippen LogP contribution is -2.40. The van der Waals surface area contributed by atoms with Gasteiger partial charge in [0, 0.05) is 23.3 Å². The molecule has 0 bridgehead atoms. The fourth-order valence-corrected chi connectivity index (χ4v) is 4.01. The Balaban J connectivity index is 1.64. The van der Waals surface area contributed by atoms with Crippen LogP contribution in [0, 0.1) is 5.82 Å². The van der Waals surface area contributed by atoms with Crippen molar-refractivity contribution in [1.82, 2.24) is 10.2 Å². The lowest BCUT2D eigenvalue weighted by Gasteiger charge is -2.27. The van der Waals surface area contributed by atoms with Crippen molar-refractivity contribution in [3.63, 3.8) is 0 Å². The van der Waals surface area contributed by atoms with E-state index in [1.807, 2.05) is 12.1 Å². The van der Waals surface area contributed by atoms with Crippen LogP contribution in [0.15, 0.2) is 53.4 Å². The lowest BCUT2D eigenvalue weighted by molar-refractivity contribution is -0.122. The Morgan fingerprint density at radius 1 is 1.20 bits per heavy atom. The number of hydrogen-bond donors (Lipinski definition) is 1. The molecular formula is C19H19FN2O2S. The molecule has 0 radical (unpaired) electrons. The molecule has 6 heteroatoms. The number of thioether (sulfide) groups is 1. The van der Waals surface area contributed by atoms with Crippen molar-refractivity contribution in [2.75, 3.05) is 19.3 Å². The van der Waals surface area contributed by atoms with Crippen molar-refractivity contribution in [3.05, 3.63) is 65.5 Å². The van der Waals surface area contributed by atoms with E-state index < -0.39 is 0 Å². The van der Waals surface area contributed by atoms with E-state index in [0.717, 1.165) is 17.7 Å². The largest absolute Gasteiger partial charge is 0.348 e. The maximum absolute atomic E-state index is 13.9. The van der Waals surface area contributed by atoms with Crippen molar-refractivity contribution in [2.45, 2.75) is 17.4 Å². The summed E-state index contributed by atoms with van der Waals surface area (Å²) in [6.07, 6.45) is 0.739. The third kappa shape index (κ3) is 4.02. The van der Waals surface area contributed by atoms with E-state index in [1.54, 1.807) is 37.4 Å². The summed E-state index contributed by atoms with van der Waals surface area (Å²) in [7, 11) is 1.60. The van der Waals surface area contributed by atoms with Gasteiger partial charge in [-0.2, -0.15) is 0 Å². The average Bonchev–Trinajstić information content (AvgIpc) is 2.62. The predicted octanol–water partition coefficient (Wildman–Crippen LogP) is 3.25. The number of carbonyl (C=O) groups is 2. The number of fused-ring (bicyclic) bond motifs is 1. The van der Waals surface area contributed by atoms with Crippen molar-refractivity contribution in [1.29, 1.82) is 0 Å². The Kier molecular flexibility index (Phi) is 5.38. The number of nitrogens with zero attached hydrogens (tertiary/aromatic N) is 1. The highest BCUT2D eigenvalue weighted by Gasteiger charge is 2.25. The topological polar surface area (TPSA) is 49.4 Å². The van der Waals surface area contributed by atoms with Gasteiger partial charge in [0.15, 0.2) is 0 Å². The number of likely N-dealkylation sites (N-methyl/N-ethyl adjacent to an activating group) is 1. The normalized spacial score (nSPS) is 16.0. The number of nitrogens with one attached hydrogen (secondary N) is 1. The zero-order valence-electron chi connectivity index (χ0n) is 13.9. The summed E-state index contributed by atoms with van der Waals surface area (Å²) in [5.74, 6) is 0.0376. The molecule has 0 saturated heterocycles. The summed E-state index contributed by atoms with van der Waals surface area (Å²) in [5, 5.41) is 2.93. The number of amides is 2. The third-order valence-corrected chi connectivity index (χ3v) is 5.27. The highest BCUT2D eigenvalue weighted by molar-refractivity contribution is 7.99. The lowest BCUT2D eigenvalue weighted by atomic mass is 10.0. The van der Waals surface area contributed by atoms with Crippen LogP contribution in [0.2, 0.25) is 0 Å². The standard InChI is InChI=1S/C19H19FN2O2S/c1-22(19(24)13-6-3-2-4-7-13)12-17(23)21-16-10-11-25-18-14(16)8-5-9-15(18)20/h2-9,16H,10-12H2,1H3,(H,21,23). The Labute approximate surface area is 150 Å². The first kappa shape index (κ1) is 17.5. The molecule has 1 N–H and O–H groups in total. The Bertz CT molecular complexity index is 782. The van der Waals surface area contributed by atoms with Crippen LogP contribution in [0.25, 0.3) is 0 Å². The van der Waals surface area contributed by atoms with Gasteiger partial charge in [-0.05, 0) is 30.2 Å². The van der Waals surface area contributed by atoms with Crippen LogP contribution in [0.3, 0.4) is 0 Å². The molecule has 2 aromatic rings. The maximum Gasteiger partial charge on any atom is 0.254 e. The van der Waals surface area contributed by atoms with E-state index in [1.165, 1.54) is 22.7 Å². The summed E-state index contributed by atoms with van der Waals surface area (Å²) in [4.78, 5) is 26.6. The van der Waals surface area contributed by atoms with Gasteiger partial charge < -0.3 is 10.2 Å². The summed E-state index contributed by atoms with van der Waals surface area (Å²) >= 11 is 1.47. The zero-order chi connectivity index (χ0) is 17.8. The van der Waals surface area contributed by atoms with Gasteiger partial charge in [-0.15, -0.1) is 11.8 Å². The number of carbonyl (C=O) groups excluding carboxylic acids is 2. The minimum Gasteiger partial charge on any atom is -0.348 e. The molecule has 0 saturated carbocycles. The van der Waals surface area contributed by atoms with Crippen LogP contribution in [0.5, 0.6) is 0 Å². The van der Waals surface area contributed by atoms with Crippen LogP contribution in [-0.4, -0.2) is 36.1 Å². The minimum atomic E-state index is -0.252. The molecule has 1 aliphatic rings. The SMILES string of the molecule is CN(CC(=O)NC1CCSc2c(F)cccc21)C(=O)c1ccccc1. The van der Waals surface area contributed by atoms with Crippen LogP contribution in [0.1, 0.15) is 28.4 Å². The van der Waals surface area contributed by atoms with Crippen LogP contribution < -0.4 is 5.32 Å². The molecule has 1 aliphatic heterocycles. The van der Waals surface area contributed by atoms with Crippen LogP contribution >= 0.6 is 11.8 Å². The number of benzene rings is 2. The van der Waals surface area contributed by atoms with E-state index in [-0.39, 0.29) is 30.2 Å². The molecule has 2 aromatic carbocycles. The molecule has 1 atom stereocenters. The first-order valence-electron chi connectivity index (χ1n) is 8.07. The molecule has 25 heavy (non-hydrogen) atoms. The van der Waals surface area contributed by atoms with Gasteiger partial charge >= 0.3 is 0 Å². The summed E-state index contributed by atoms with van der Waals surface area (Å²) in [6.45, 7) is -0.0397. The van der Waals surface area contributed by atoms with Gasteiger partial charge in [0.25, 0.3) is 5.91 Å². The van der Waals surface area contributed by atoms with Crippen molar-refractivity contribution < 1.29 is 14.0 Å². The van der Waals surface area contributed by atoms with Gasteiger partial charge in [-0.25, -0.2) is 4.39 Å². The molecule has 3 rings (SSSR count). The van der Waals surface area contributed by atoms with Gasteiger partial charge in [-0.1, -0.05) is 30.3 Å². The quantitative estimate of drug-likeness (QED) is 0.913. The van der Waals surface area contributed by atoms with Gasteiger partial charge in [0.05, 0.1) is 12.6 Å². The second kappa shape index (κ2) is 7.70. The Morgan fingerprint density at radius 2 is 1.96 bits per heavy atom. The molecule has 1 unspecified atom stereocenters. The molecule has 0 aromatic heterocycles. The van der Waals surface area contributed by atoms with Gasteiger partial charge in [0.1, 0.15) is 5.82 Å². The molecule has 2 amide bonds. The fourth-order valence-electron chi connectivity index (χ4n) is 2.86. The molecular weight excluding hydrogens is 339 g/mol. The van der Waals surface area contributed by atoms with Crippen LogP contribution in [-0.2, 0) is 4.79 Å². The maximum atomic E-state index is 13.9. The molecule has 1 heterocycles. The molecule has 130 valence electrons. The molecule has 0 spiro atoms. The van der Waals surface area contributed by atoms with E-state index in [9.17, 15) is 14.0 Å². The van der Waals surface area contributed by atoms with E-state index in [0.29, 0.717) is 10.5 Å². The van der Waals surface area contributed by atoms with Gasteiger partial charge in [0.2, 0.25) is 5.91 Å². The molecule has 4 nitrogen and oxygen atoms in total. The Morgan fingerprint density at radius 3 is 2.72 bits per heavy atom. The average molecular weight is 358 g/mol. The van der Waals surface area contributed by atoms with Crippen molar-refractivity contribution >= 4 is 23.6 Å². The highest BCUT2D eigenvalue weighted by atomic mass is 32.2. The highest BCUT2D eigenvalue weighted by Crippen LogP contribution is 2.37. The first-order chi connectivity index (χ1) is 12.1. The first-order valence-corrected chi connectivity index (χ1v) is 9.06. The van der Waals surface area contributed by atoms with E-state index in [4.69, 9.17) is 0 Å². The second-order valence-corrected chi connectivity index (χ2v) is 7.05. The zero-order valence-corrected chi connectivity index (χ0v) is 14.7. The Hall–Kier alpha value is -2.34. The fraction of sp³-hybridized carbons (Fsp3) is 0.263. The molecule has 0 aliphatic carbocycles. The number of hydrogen-bond acceptors (Lipinski definition) is 3. The monoisotopic (exact) mass is 358 g/mol. The summed E-state index contributed by atoms with van der Waals surface area (Å²) < 4.78 is 13.9. The van der Waals surface area contributed by atoms with E-state index >= 15 is 0 Å². The summed E-state index contributed by atoms with van der Waals surface area (Å²) in [6, 6.07) is 13.5.